The van der Waals surface area contributed by atoms with E-state index in [1.165, 1.54) is 6.08 Å². The van der Waals surface area contributed by atoms with Gasteiger partial charge in [-0.3, -0.25) is 4.79 Å². The molecule has 0 bridgehead atoms. The van der Waals surface area contributed by atoms with E-state index in [1.807, 2.05) is 43.5 Å². The minimum Gasteiger partial charge on any atom is -0.493 e. The van der Waals surface area contributed by atoms with Crippen molar-refractivity contribution in [3.8, 4) is 11.5 Å². The van der Waals surface area contributed by atoms with Crippen LogP contribution in [0.15, 0.2) is 47.6 Å². The van der Waals surface area contributed by atoms with Gasteiger partial charge in [-0.25, -0.2) is 4.98 Å². The Morgan fingerprint density at radius 3 is 2.76 bits per heavy atom. The highest BCUT2D eigenvalue weighted by atomic mass is 32.2. The molecule has 0 saturated heterocycles. The third kappa shape index (κ3) is 5.83. The molecule has 1 N–H and O–H groups in total. The van der Waals surface area contributed by atoms with Gasteiger partial charge in [0, 0.05) is 6.08 Å². The van der Waals surface area contributed by atoms with Crippen LogP contribution >= 0.6 is 11.8 Å². The summed E-state index contributed by atoms with van der Waals surface area (Å²) in [6.07, 6.45) is 7.73. The van der Waals surface area contributed by atoms with Crippen LogP contribution in [0.25, 0.3) is 6.08 Å². The number of ether oxygens (including phenoxy) is 2. The fraction of sp³-hybridized carbons (Fsp3) is 0.263. The number of aromatic nitrogens is 1. The lowest BCUT2D eigenvalue weighted by molar-refractivity contribution is -0.111. The number of benzene rings is 1. The van der Waals surface area contributed by atoms with Gasteiger partial charge in [0.25, 0.3) is 0 Å². The number of anilines is 1. The molecule has 6 heteroatoms. The molecular formula is C19H22N2O3S. The van der Waals surface area contributed by atoms with Crippen LogP contribution in [0.5, 0.6) is 11.5 Å². The Balaban J connectivity index is 2.00. The number of amides is 1. The molecule has 1 aromatic heterocycles. The Morgan fingerprint density at radius 2 is 2.12 bits per heavy atom. The Kier molecular flexibility index (Phi) is 7.35. The standard InChI is InChI=1S/C19H22N2O3S/c1-4-11-24-16-8-5-14(12-17(16)23-2)6-9-18(22)21-15-7-10-19(25-3)20-13-15/h5-10,12-13H,4,11H2,1-3H3,(H,21,22)/b9-6+. The number of nitrogens with zero attached hydrogens (tertiary/aromatic N) is 1. The highest BCUT2D eigenvalue weighted by Gasteiger charge is 2.05. The molecule has 0 fully saturated rings. The SMILES string of the molecule is CCCOc1ccc(/C=C/C(=O)Nc2ccc(SC)nc2)cc1OC. The van der Waals surface area contributed by atoms with Crippen molar-refractivity contribution in [3.63, 3.8) is 0 Å². The van der Waals surface area contributed by atoms with E-state index < -0.39 is 0 Å². The molecule has 1 aromatic carbocycles. The van der Waals surface area contributed by atoms with Gasteiger partial charge >= 0.3 is 0 Å². The number of carbonyl (C=O) groups excluding carboxylic acids is 1. The number of pyridine rings is 1. The number of nitrogens with one attached hydrogen (secondary N) is 1. The Bertz CT molecular complexity index is 730. The molecule has 0 aliphatic heterocycles. The molecule has 1 amide bonds. The fourth-order valence-corrected chi connectivity index (χ4v) is 2.41. The van der Waals surface area contributed by atoms with Gasteiger partial charge in [0.15, 0.2) is 11.5 Å². The largest absolute Gasteiger partial charge is 0.493 e. The van der Waals surface area contributed by atoms with Crippen molar-refractivity contribution in [2.75, 3.05) is 25.3 Å². The topological polar surface area (TPSA) is 60.5 Å². The molecule has 0 unspecified atom stereocenters. The highest BCUT2D eigenvalue weighted by Crippen LogP contribution is 2.28. The lowest BCUT2D eigenvalue weighted by atomic mass is 10.2. The number of hydrogen-bond donors (Lipinski definition) is 1. The monoisotopic (exact) mass is 358 g/mol. The van der Waals surface area contributed by atoms with Crippen LogP contribution in [-0.2, 0) is 4.79 Å². The van der Waals surface area contributed by atoms with Crippen LogP contribution in [0.1, 0.15) is 18.9 Å². The maximum atomic E-state index is 12.0. The Morgan fingerprint density at radius 1 is 1.28 bits per heavy atom. The van der Waals surface area contributed by atoms with Crippen molar-refractivity contribution < 1.29 is 14.3 Å². The minimum atomic E-state index is -0.219. The zero-order valence-corrected chi connectivity index (χ0v) is 15.4. The fourth-order valence-electron chi connectivity index (χ4n) is 2.05. The van der Waals surface area contributed by atoms with Crippen molar-refractivity contribution in [1.29, 1.82) is 0 Å². The third-order valence-corrected chi connectivity index (χ3v) is 3.95. The van der Waals surface area contributed by atoms with Crippen molar-refractivity contribution in [2.45, 2.75) is 18.4 Å². The molecule has 25 heavy (non-hydrogen) atoms. The summed E-state index contributed by atoms with van der Waals surface area (Å²) in [4.78, 5) is 16.2. The molecule has 2 rings (SSSR count). The Hall–Kier alpha value is -2.47. The quantitative estimate of drug-likeness (QED) is 0.564. The van der Waals surface area contributed by atoms with E-state index in [4.69, 9.17) is 9.47 Å². The highest BCUT2D eigenvalue weighted by molar-refractivity contribution is 7.98. The predicted molar refractivity (Wildman–Crippen MR) is 102 cm³/mol. The summed E-state index contributed by atoms with van der Waals surface area (Å²) in [6, 6.07) is 9.25. The summed E-state index contributed by atoms with van der Waals surface area (Å²) < 4.78 is 11.0. The molecule has 5 nitrogen and oxygen atoms in total. The Labute approximate surface area is 152 Å². The summed E-state index contributed by atoms with van der Waals surface area (Å²) in [5.41, 5.74) is 1.51. The third-order valence-electron chi connectivity index (χ3n) is 3.29. The van der Waals surface area contributed by atoms with Crippen molar-refractivity contribution in [1.82, 2.24) is 4.98 Å². The first-order valence-corrected chi connectivity index (χ1v) is 9.18. The van der Waals surface area contributed by atoms with E-state index >= 15 is 0 Å². The second-order valence-electron chi connectivity index (χ2n) is 5.17. The van der Waals surface area contributed by atoms with Crippen molar-refractivity contribution >= 4 is 29.4 Å². The van der Waals surface area contributed by atoms with E-state index in [1.54, 1.807) is 31.1 Å². The van der Waals surface area contributed by atoms with Crippen LogP contribution in [0.2, 0.25) is 0 Å². The van der Waals surface area contributed by atoms with Gasteiger partial charge < -0.3 is 14.8 Å². The van der Waals surface area contributed by atoms with Gasteiger partial charge in [0.2, 0.25) is 5.91 Å². The molecule has 0 radical (unpaired) electrons. The summed E-state index contributed by atoms with van der Waals surface area (Å²) >= 11 is 1.55. The van der Waals surface area contributed by atoms with E-state index in [9.17, 15) is 4.79 Å². The first-order valence-electron chi connectivity index (χ1n) is 7.96. The molecule has 132 valence electrons. The second kappa shape index (κ2) is 9.74. The van der Waals surface area contributed by atoms with Gasteiger partial charge in [0.1, 0.15) is 0 Å². The predicted octanol–water partition coefficient (Wildman–Crippen LogP) is 4.25. The zero-order valence-electron chi connectivity index (χ0n) is 14.6. The summed E-state index contributed by atoms with van der Waals surface area (Å²) in [6.45, 7) is 2.68. The summed E-state index contributed by atoms with van der Waals surface area (Å²) in [7, 11) is 1.60. The average molecular weight is 358 g/mol. The maximum absolute atomic E-state index is 12.0. The molecule has 2 aromatic rings. The second-order valence-corrected chi connectivity index (χ2v) is 6.00. The van der Waals surface area contributed by atoms with Gasteiger partial charge in [-0.1, -0.05) is 13.0 Å². The van der Waals surface area contributed by atoms with E-state index in [0.29, 0.717) is 23.8 Å². The molecule has 0 saturated carbocycles. The van der Waals surface area contributed by atoms with E-state index in [0.717, 1.165) is 17.0 Å². The lowest BCUT2D eigenvalue weighted by Gasteiger charge is -2.10. The summed E-state index contributed by atoms with van der Waals surface area (Å²) in [5, 5.41) is 3.69. The maximum Gasteiger partial charge on any atom is 0.248 e. The molecule has 0 aliphatic carbocycles. The molecule has 0 atom stereocenters. The van der Waals surface area contributed by atoms with Crippen LogP contribution < -0.4 is 14.8 Å². The van der Waals surface area contributed by atoms with Crippen LogP contribution in [0, 0.1) is 0 Å². The number of rotatable bonds is 8. The van der Waals surface area contributed by atoms with Gasteiger partial charge in [-0.2, -0.15) is 0 Å². The van der Waals surface area contributed by atoms with Crippen molar-refractivity contribution in [3.05, 3.63) is 48.2 Å². The van der Waals surface area contributed by atoms with E-state index in [2.05, 4.69) is 10.3 Å². The van der Waals surface area contributed by atoms with Crippen LogP contribution in [0.3, 0.4) is 0 Å². The average Bonchev–Trinajstić information content (AvgIpc) is 2.65. The molecule has 1 heterocycles. The number of carbonyl (C=O) groups is 1. The lowest BCUT2D eigenvalue weighted by Crippen LogP contribution is -2.07. The first kappa shape index (κ1) is 18.9. The number of methoxy groups -OCH3 is 1. The molecule has 0 spiro atoms. The number of hydrogen-bond acceptors (Lipinski definition) is 5. The zero-order chi connectivity index (χ0) is 18.1. The number of thioether (sulfide) groups is 1. The minimum absolute atomic E-state index is 0.219. The van der Waals surface area contributed by atoms with Crippen LogP contribution in [0.4, 0.5) is 5.69 Å². The van der Waals surface area contributed by atoms with Crippen LogP contribution in [-0.4, -0.2) is 30.9 Å². The molecular weight excluding hydrogens is 336 g/mol. The smallest absolute Gasteiger partial charge is 0.248 e. The molecule has 0 aliphatic rings. The van der Waals surface area contributed by atoms with Crippen molar-refractivity contribution in [2.24, 2.45) is 0 Å². The van der Waals surface area contributed by atoms with Gasteiger partial charge in [0.05, 0.1) is 30.6 Å². The normalized spacial score (nSPS) is 10.7. The van der Waals surface area contributed by atoms with E-state index in [-0.39, 0.29) is 5.91 Å². The summed E-state index contributed by atoms with van der Waals surface area (Å²) in [5.74, 6) is 1.13. The van der Waals surface area contributed by atoms with Gasteiger partial charge in [-0.15, -0.1) is 11.8 Å². The first-order chi connectivity index (χ1) is 12.2. The van der Waals surface area contributed by atoms with Gasteiger partial charge in [-0.05, 0) is 48.6 Å².